The molecule has 0 bridgehead atoms. The van der Waals surface area contributed by atoms with Crippen LogP contribution in [0.2, 0.25) is 0 Å². The van der Waals surface area contributed by atoms with Crippen molar-refractivity contribution >= 4 is 16.6 Å². The Balaban J connectivity index is 2.97. The molecule has 0 aromatic carbocycles. The molecule has 0 saturated heterocycles. The number of nitrogen functional groups attached to an aromatic ring is 1. The average Bonchev–Trinajstić information content (AvgIpc) is 2.03. The van der Waals surface area contributed by atoms with Gasteiger partial charge in [0.2, 0.25) is 0 Å². The zero-order chi connectivity index (χ0) is 10.1. The number of aromatic nitrogens is 1. The van der Waals surface area contributed by atoms with Crippen LogP contribution in [0.4, 0.5) is 19.0 Å². The van der Waals surface area contributed by atoms with E-state index in [2.05, 4.69) is 4.98 Å². The molecular formula is C6H5F3N2OS. The van der Waals surface area contributed by atoms with Crippen molar-refractivity contribution in [3.05, 3.63) is 18.3 Å². The molecular weight excluding hydrogens is 205 g/mol. The number of halogens is 3. The van der Waals surface area contributed by atoms with E-state index in [1.165, 1.54) is 6.07 Å². The maximum absolute atomic E-state index is 11.9. The topological polar surface area (TPSA) is 56.0 Å². The third kappa shape index (κ3) is 2.41. The highest BCUT2D eigenvalue weighted by atomic mass is 32.2. The van der Waals surface area contributed by atoms with Crippen LogP contribution in [0.25, 0.3) is 0 Å². The van der Waals surface area contributed by atoms with Crippen LogP contribution in [0.15, 0.2) is 23.2 Å². The van der Waals surface area contributed by atoms with Gasteiger partial charge in [0.25, 0.3) is 0 Å². The van der Waals surface area contributed by atoms with Crippen LogP contribution >= 0.6 is 0 Å². The van der Waals surface area contributed by atoms with Gasteiger partial charge in [0.05, 0.1) is 4.90 Å². The molecule has 13 heavy (non-hydrogen) atoms. The Bertz CT molecular complexity index is 322. The van der Waals surface area contributed by atoms with Crippen molar-refractivity contribution in [3.63, 3.8) is 0 Å². The highest BCUT2D eigenvalue weighted by molar-refractivity contribution is 7.86. The Morgan fingerprint density at radius 2 is 2.00 bits per heavy atom. The maximum Gasteiger partial charge on any atom is 0.475 e. The van der Waals surface area contributed by atoms with Crippen molar-refractivity contribution in [3.8, 4) is 0 Å². The number of nitrogens with zero attached hydrogens (tertiary/aromatic N) is 1. The van der Waals surface area contributed by atoms with Gasteiger partial charge in [0, 0.05) is 6.20 Å². The van der Waals surface area contributed by atoms with Crippen molar-refractivity contribution in [1.82, 2.24) is 4.98 Å². The minimum Gasteiger partial charge on any atom is -0.384 e. The lowest BCUT2D eigenvalue weighted by molar-refractivity contribution is -0.0384. The number of anilines is 1. The van der Waals surface area contributed by atoms with E-state index in [1.807, 2.05) is 0 Å². The number of nitrogens with two attached hydrogens (primary N) is 1. The lowest BCUT2D eigenvalue weighted by Gasteiger charge is -2.04. The summed E-state index contributed by atoms with van der Waals surface area (Å²) in [6.07, 6.45) is 0.846. The fraction of sp³-hybridized carbons (Fsp3) is 0.167. The SMILES string of the molecule is Nc1ccc(S(=O)C(F)(F)F)cn1. The van der Waals surface area contributed by atoms with Crippen LogP contribution in [-0.2, 0) is 10.8 Å². The van der Waals surface area contributed by atoms with Gasteiger partial charge in [-0.3, -0.25) is 0 Å². The van der Waals surface area contributed by atoms with Gasteiger partial charge in [-0.25, -0.2) is 9.19 Å². The molecule has 72 valence electrons. The van der Waals surface area contributed by atoms with Gasteiger partial charge >= 0.3 is 5.51 Å². The first-order valence-electron chi connectivity index (χ1n) is 3.11. The van der Waals surface area contributed by atoms with Crippen molar-refractivity contribution in [2.45, 2.75) is 10.4 Å². The number of pyridine rings is 1. The highest BCUT2D eigenvalue weighted by Gasteiger charge is 2.38. The van der Waals surface area contributed by atoms with E-state index < -0.39 is 21.2 Å². The summed E-state index contributed by atoms with van der Waals surface area (Å²) < 4.78 is 46.3. The molecule has 2 N–H and O–H groups in total. The van der Waals surface area contributed by atoms with Gasteiger partial charge in [-0.2, -0.15) is 13.2 Å². The average molecular weight is 210 g/mol. The van der Waals surface area contributed by atoms with Crippen LogP contribution in [0.5, 0.6) is 0 Å². The highest BCUT2D eigenvalue weighted by Crippen LogP contribution is 2.25. The summed E-state index contributed by atoms with van der Waals surface area (Å²) >= 11 is 0. The molecule has 0 saturated carbocycles. The number of rotatable bonds is 1. The predicted octanol–water partition coefficient (Wildman–Crippen LogP) is 1.29. The van der Waals surface area contributed by atoms with Gasteiger partial charge in [0.1, 0.15) is 5.82 Å². The van der Waals surface area contributed by atoms with Gasteiger partial charge in [-0.15, -0.1) is 0 Å². The molecule has 0 fully saturated rings. The fourth-order valence-electron chi connectivity index (χ4n) is 0.635. The van der Waals surface area contributed by atoms with Crippen molar-refractivity contribution in [2.75, 3.05) is 5.73 Å². The third-order valence-corrected chi connectivity index (χ3v) is 2.27. The van der Waals surface area contributed by atoms with Crippen LogP contribution in [-0.4, -0.2) is 14.7 Å². The summed E-state index contributed by atoms with van der Waals surface area (Å²) in [6, 6.07) is 2.20. The Labute approximate surface area is 74.2 Å². The van der Waals surface area contributed by atoms with Gasteiger partial charge < -0.3 is 5.73 Å². The first-order chi connectivity index (χ1) is 5.91. The molecule has 3 nitrogen and oxygen atoms in total. The molecule has 1 aromatic rings. The van der Waals surface area contributed by atoms with Gasteiger partial charge in [-0.1, -0.05) is 0 Å². The fourth-order valence-corrected chi connectivity index (χ4v) is 1.24. The molecule has 1 unspecified atom stereocenters. The predicted molar refractivity (Wildman–Crippen MR) is 41.1 cm³/mol. The summed E-state index contributed by atoms with van der Waals surface area (Å²) in [5.74, 6) is 0.0860. The Kier molecular flexibility index (Phi) is 2.55. The molecule has 7 heteroatoms. The van der Waals surface area contributed by atoms with Crippen LogP contribution in [0, 0.1) is 0 Å². The standard InChI is InChI=1S/C6H5F3N2OS/c7-6(8,9)13(12)4-1-2-5(10)11-3-4/h1-3H,(H2,10,11). The minimum atomic E-state index is -4.75. The van der Waals surface area contributed by atoms with E-state index in [0.29, 0.717) is 0 Å². The van der Waals surface area contributed by atoms with Gasteiger partial charge in [-0.05, 0) is 12.1 Å². The molecule has 1 aromatic heterocycles. The second kappa shape index (κ2) is 3.33. The number of hydrogen-bond donors (Lipinski definition) is 1. The molecule has 0 aliphatic heterocycles. The molecule has 0 amide bonds. The van der Waals surface area contributed by atoms with Crippen molar-refractivity contribution in [2.24, 2.45) is 0 Å². The first-order valence-corrected chi connectivity index (χ1v) is 4.26. The van der Waals surface area contributed by atoms with Crippen LogP contribution in [0.3, 0.4) is 0 Å². The molecule has 1 rings (SSSR count). The zero-order valence-corrected chi connectivity index (χ0v) is 7.02. The van der Waals surface area contributed by atoms with E-state index in [-0.39, 0.29) is 5.82 Å². The molecule has 0 aliphatic carbocycles. The molecule has 0 aliphatic rings. The van der Waals surface area contributed by atoms with Crippen molar-refractivity contribution in [1.29, 1.82) is 0 Å². The largest absolute Gasteiger partial charge is 0.475 e. The lowest BCUT2D eigenvalue weighted by Crippen LogP contribution is -2.16. The number of hydrogen-bond acceptors (Lipinski definition) is 3. The van der Waals surface area contributed by atoms with E-state index >= 15 is 0 Å². The smallest absolute Gasteiger partial charge is 0.384 e. The Morgan fingerprint density at radius 3 is 2.38 bits per heavy atom. The van der Waals surface area contributed by atoms with E-state index in [1.54, 1.807) is 0 Å². The van der Waals surface area contributed by atoms with Crippen molar-refractivity contribution < 1.29 is 17.4 Å². The Morgan fingerprint density at radius 1 is 1.38 bits per heavy atom. The maximum atomic E-state index is 11.9. The normalized spacial score (nSPS) is 14.1. The van der Waals surface area contributed by atoms with Crippen LogP contribution in [0.1, 0.15) is 0 Å². The van der Waals surface area contributed by atoms with Crippen LogP contribution < -0.4 is 5.73 Å². The summed E-state index contributed by atoms with van der Waals surface area (Å²) in [5, 5.41) is 0. The lowest BCUT2D eigenvalue weighted by atomic mass is 10.5. The van der Waals surface area contributed by atoms with E-state index in [0.717, 1.165) is 12.3 Å². The molecule has 0 spiro atoms. The zero-order valence-electron chi connectivity index (χ0n) is 6.21. The Hall–Kier alpha value is -1.11. The summed E-state index contributed by atoms with van der Waals surface area (Å²) in [7, 11) is -3.03. The summed E-state index contributed by atoms with van der Waals surface area (Å²) in [5.41, 5.74) is 0.392. The first kappa shape index (κ1) is 9.97. The summed E-state index contributed by atoms with van der Waals surface area (Å²) in [4.78, 5) is 3.00. The van der Waals surface area contributed by atoms with E-state index in [4.69, 9.17) is 5.73 Å². The quantitative estimate of drug-likeness (QED) is 0.759. The second-order valence-electron chi connectivity index (χ2n) is 2.13. The molecule has 1 heterocycles. The minimum absolute atomic E-state index is 0.0860. The molecule has 1 atom stereocenters. The monoisotopic (exact) mass is 210 g/mol. The third-order valence-electron chi connectivity index (χ3n) is 1.18. The summed E-state index contributed by atoms with van der Waals surface area (Å²) in [6.45, 7) is 0. The van der Waals surface area contributed by atoms with E-state index in [9.17, 15) is 17.4 Å². The number of alkyl halides is 3. The molecule has 0 radical (unpaired) electrons. The second-order valence-corrected chi connectivity index (χ2v) is 3.61. The van der Waals surface area contributed by atoms with Gasteiger partial charge in [0.15, 0.2) is 10.8 Å².